The first-order valence-corrected chi connectivity index (χ1v) is 4.64. The molecular weight excluding hydrogens is 208 g/mol. The van der Waals surface area contributed by atoms with Crippen molar-refractivity contribution in [2.45, 2.75) is 6.92 Å². The van der Waals surface area contributed by atoms with Crippen molar-refractivity contribution in [2.24, 2.45) is 0 Å². The molecule has 1 N–H and O–H groups in total. The number of rotatable bonds is 3. The molecule has 0 saturated carbocycles. The number of carbonyl (C=O) groups is 2. The van der Waals surface area contributed by atoms with Crippen LogP contribution in [0.4, 0.5) is 0 Å². The van der Waals surface area contributed by atoms with E-state index in [1.165, 1.54) is 32.2 Å². The summed E-state index contributed by atoms with van der Waals surface area (Å²) in [5.74, 6) is -0.903. The zero-order valence-corrected chi connectivity index (χ0v) is 9.06. The minimum atomic E-state index is -0.666. The lowest BCUT2D eigenvalue weighted by atomic mass is 10.1. The molecule has 0 saturated heterocycles. The number of aromatic hydroxyl groups is 1. The average Bonchev–Trinajstić information content (AvgIpc) is 2.27. The van der Waals surface area contributed by atoms with Gasteiger partial charge in [-0.1, -0.05) is 12.1 Å². The number of methoxy groups -OCH3 is 1. The Morgan fingerprint density at radius 1 is 1.25 bits per heavy atom. The highest BCUT2D eigenvalue weighted by Crippen LogP contribution is 2.13. The van der Waals surface area contributed by atoms with Gasteiger partial charge in [0.1, 0.15) is 11.3 Å². The summed E-state index contributed by atoms with van der Waals surface area (Å²) in [7, 11) is 1.22. The van der Waals surface area contributed by atoms with E-state index in [0.29, 0.717) is 5.56 Å². The van der Waals surface area contributed by atoms with Crippen LogP contribution in [-0.4, -0.2) is 24.0 Å². The number of ketones is 1. The lowest BCUT2D eigenvalue weighted by Crippen LogP contribution is -2.11. The van der Waals surface area contributed by atoms with Crippen molar-refractivity contribution in [1.82, 2.24) is 0 Å². The molecule has 1 aromatic carbocycles. The molecule has 0 aliphatic carbocycles. The quantitative estimate of drug-likeness (QED) is 0.363. The Hall–Kier alpha value is -2.10. The standard InChI is InChI=1S/C12H12O4/c1-8(13)11(12(15)16-2)7-9-3-5-10(14)6-4-9/h3-7,14H,1-2H3/b11-7-. The summed E-state index contributed by atoms with van der Waals surface area (Å²) in [6.07, 6.45) is 1.42. The second-order valence-electron chi connectivity index (χ2n) is 3.20. The van der Waals surface area contributed by atoms with Gasteiger partial charge in [0.2, 0.25) is 0 Å². The fourth-order valence-electron chi connectivity index (χ4n) is 1.15. The smallest absolute Gasteiger partial charge is 0.341 e. The molecule has 0 radical (unpaired) electrons. The van der Waals surface area contributed by atoms with E-state index >= 15 is 0 Å². The third-order valence-electron chi connectivity index (χ3n) is 1.99. The fraction of sp³-hybridized carbons (Fsp3) is 0.167. The Labute approximate surface area is 93.2 Å². The van der Waals surface area contributed by atoms with E-state index in [1.807, 2.05) is 0 Å². The highest BCUT2D eigenvalue weighted by Gasteiger charge is 2.14. The van der Waals surface area contributed by atoms with E-state index in [-0.39, 0.29) is 17.1 Å². The second kappa shape index (κ2) is 5.11. The summed E-state index contributed by atoms with van der Waals surface area (Å²) in [5, 5.41) is 9.08. The Morgan fingerprint density at radius 3 is 2.25 bits per heavy atom. The van der Waals surface area contributed by atoms with Crippen LogP contribution < -0.4 is 0 Å². The topological polar surface area (TPSA) is 63.6 Å². The third-order valence-corrected chi connectivity index (χ3v) is 1.99. The van der Waals surface area contributed by atoms with Gasteiger partial charge in [0.25, 0.3) is 0 Å². The maximum Gasteiger partial charge on any atom is 0.341 e. The maximum absolute atomic E-state index is 11.3. The first kappa shape index (κ1) is 12.0. The van der Waals surface area contributed by atoms with Crippen LogP contribution in [0.5, 0.6) is 5.75 Å². The van der Waals surface area contributed by atoms with Crippen molar-refractivity contribution in [3.63, 3.8) is 0 Å². The number of carbonyl (C=O) groups excluding carboxylic acids is 2. The van der Waals surface area contributed by atoms with Crippen LogP contribution in [0.25, 0.3) is 6.08 Å². The molecule has 4 heteroatoms. The zero-order valence-electron chi connectivity index (χ0n) is 9.06. The molecule has 0 spiro atoms. The number of phenols is 1. The van der Waals surface area contributed by atoms with E-state index in [2.05, 4.69) is 4.74 Å². The molecule has 4 nitrogen and oxygen atoms in total. The highest BCUT2D eigenvalue weighted by atomic mass is 16.5. The van der Waals surface area contributed by atoms with Crippen LogP contribution in [-0.2, 0) is 14.3 Å². The van der Waals surface area contributed by atoms with Crippen LogP contribution in [0.1, 0.15) is 12.5 Å². The average molecular weight is 220 g/mol. The fourth-order valence-corrected chi connectivity index (χ4v) is 1.15. The third kappa shape index (κ3) is 2.95. The van der Waals surface area contributed by atoms with Crippen molar-refractivity contribution >= 4 is 17.8 Å². The monoisotopic (exact) mass is 220 g/mol. The Bertz CT molecular complexity index is 429. The van der Waals surface area contributed by atoms with Gasteiger partial charge >= 0.3 is 5.97 Å². The molecule has 0 fully saturated rings. The van der Waals surface area contributed by atoms with Gasteiger partial charge in [-0.05, 0) is 30.7 Å². The summed E-state index contributed by atoms with van der Waals surface area (Å²) >= 11 is 0. The van der Waals surface area contributed by atoms with Gasteiger partial charge in [0.05, 0.1) is 7.11 Å². The molecule has 1 aromatic rings. The molecule has 0 amide bonds. The summed E-state index contributed by atoms with van der Waals surface area (Å²) in [6.45, 7) is 1.29. The Morgan fingerprint density at radius 2 is 1.81 bits per heavy atom. The number of Topliss-reactive ketones (excluding diaryl/α,β-unsaturated/α-hetero) is 1. The SMILES string of the molecule is COC(=O)/C(=C\c1ccc(O)cc1)C(C)=O. The van der Waals surface area contributed by atoms with Gasteiger partial charge in [-0.15, -0.1) is 0 Å². The molecule has 1 rings (SSSR count). The number of hydrogen-bond acceptors (Lipinski definition) is 4. The number of esters is 1. The van der Waals surface area contributed by atoms with Crippen LogP contribution in [0.15, 0.2) is 29.8 Å². The van der Waals surface area contributed by atoms with Gasteiger partial charge < -0.3 is 9.84 Å². The first-order chi connectivity index (χ1) is 7.54. The molecule has 0 aromatic heterocycles. The Balaban J connectivity index is 3.07. The number of benzene rings is 1. The molecule has 0 aliphatic heterocycles. The number of phenolic OH excluding ortho intramolecular Hbond substituents is 1. The molecule has 16 heavy (non-hydrogen) atoms. The van der Waals surface area contributed by atoms with Crippen molar-refractivity contribution in [3.8, 4) is 5.75 Å². The van der Waals surface area contributed by atoms with Crippen LogP contribution in [0.2, 0.25) is 0 Å². The number of ether oxygens (including phenoxy) is 1. The van der Waals surface area contributed by atoms with Crippen molar-refractivity contribution < 1.29 is 19.4 Å². The molecule has 0 bridgehead atoms. The normalized spacial score (nSPS) is 11.0. The van der Waals surface area contributed by atoms with Crippen molar-refractivity contribution in [1.29, 1.82) is 0 Å². The van der Waals surface area contributed by atoms with E-state index < -0.39 is 5.97 Å². The molecule has 0 unspecified atom stereocenters. The van der Waals surface area contributed by atoms with Gasteiger partial charge in [0.15, 0.2) is 5.78 Å². The van der Waals surface area contributed by atoms with Crippen molar-refractivity contribution in [3.05, 3.63) is 35.4 Å². The maximum atomic E-state index is 11.3. The van der Waals surface area contributed by atoms with E-state index in [1.54, 1.807) is 12.1 Å². The lowest BCUT2D eigenvalue weighted by molar-refractivity contribution is -0.137. The highest BCUT2D eigenvalue weighted by molar-refractivity contribution is 6.19. The van der Waals surface area contributed by atoms with Crippen molar-refractivity contribution in [2.75, 3.05) is 7.11 Å². The molecule has 0 heterocycles. The van der Waals surface area contributed by atoms with E-state index in [0.717, 1.165) is 0 Å². The Kier molecular flexibility index (Phi) is 3.83. The van der Waals surface area contributed by atoms with E-state index in [4.69, 9.17) is 5.11 Å². The van der Waals surface area contributed by atoms with E-state index in [9.17, 15) is 9.59 Å². The molecular formula is C12H12O4. The van der Waals surface area contributed by atoms with Gasteiger partial charge in [-0.25, -0.2) is 4.79 Å². The predicted octanol–water partition coefficient (Wildman–Crippen LogP) is 1.54. The van der Waals surface area contributed by atoms with Gasteiger partial charge in [-0.3, -0.25) is 4.79 Å². The number of hydrogen-bond donors (Lipinski definition) is 1. The summed E-state index contributed by atoms with van der Waals surface area (Å²) in [5.41, 5.74) is 0.626. The zero-order chi connectivity index (χ0) is 12.1. The predicted molar refractivity (Wildman–Crippen MR) is 58.8 cm³/mol. The minimum Gasteiger partial charge on any atom is -0.508 e. The lowest BCUT2D eigenvalue weighted by Gasteiger charge is -2.01. The molecule has 0 atom stereocenters. The summed E-state index contributed by atoms with van der Waals surface area (Å²) in [4.78, 5) is 22.5. The van der Waals surface area contributed by atoms with Crippen LogP contribution in [0.3, 0.4) is 0 Å². The van der Waals surface area contributed by atoms with Gasteiger partial charge in [-0.2, -0.15) is 0 Å². The van der Waals surface area contributed by atoms with Crippen LogP contribution >= 0.6 is 0 Å². The minimum absolute atomic E-state index is 0.0202. The largest absolute Gasteiger partial charge is 0.508 e. The van der Waals surface area contributed by atoms with Crippen LogP contribution in [0, 0.1) is 0 Å². The first-order valence-electron chi connectivity index (χ1n) is 4.64. The molecule has 84 valence electrons. The summed E-state index contributed by atoms with van der Waals surface area (Å²) in [6, 6.07) is 6.14. The molecule has 0 aliphatic rings. The summed E-state index contributed by atoms with van der Waals surface area (Å²) < 4.78 is 4.49. The second-order valence-corrected chi connectivity index (χ2v) is 3.20. The van der Waals surface area contributed by atoms with Gasteiger partial charge in [0, 0.05) is 0 Å².